The minimum atomic E-state index is -0.563. The van der Waals surface area contributed by atoms with E-state index in [1.54, 1.807) is 0 Å². The van der Waals surface area contributed by atoms with Crippen LogP contribution in [0.25, 0.3) is 0 Å². The van der Waals surface area contributed by atoms with Gasteiger partial charge in [-0.2, -0.15) is 0 Å². The first-order chi connectivity index (χ1) is 10.1. The average Bonchev–Trinajstić information content (AvgIpc) is 2.69. The van der Waals surface area contributed by atoms with Crippen molar-refractivity contribution in [3.63, 3.8) is 0 Å². The van der Waals surface area contributed by atoms with Crippen molar-refractivity contribution < 1.29 is 9.53 Å². The van der Waals surface area contributed by atoms with Crippen molar-refractivity contribution >= 4 is 11.7 Å². The van der Waals surface area contributed by atoms with Gasteiger partial charge in [-0.3, -0.25) is 0 Å². The summed E-state index contributed by atoms with van der Waals surface area (Å²) in [6.07, 6.45) is 6.28. The summed E-state index contributed by atoms with van der Waals surface area (Å²) in [4.78, 5) is 12.4. The molecule has 1 aromatic carbocycles. The fourth-order valence-electron chi connectivity index (χ4n) is 3.40. The number of carbonyl (C=O) groups excluding carboxylic acids is 1. The van der Waals surface area contributed by atoms with Crippen molar-refractivity contribution in [1.29, 1.82) is 0 Å². The highest BCUT2D eigenvalue weighted by molar-refractivity contribution is 5.84. The molecule has 1 aliphatic rings. The molecule has 0 bridgehead atoms. The highest BCUT2D eigenvalue weighted by Gasteiger charge is 2.40. The van der Waals surface area contributed by atoms with E-state index >= 15 is 0 Å². The Bertz CT molecular complexity index is 486. The van der Waals surface area contributed by atoms with E-state index in [0.717, 1.165) is 37.3 Å². The zero-order chi connectivity index (χ0) is 15.3. The number of ether oxygens (including phenoxy) is 1. The summed E-state index contributed by atoms with van der Waals surface area (Å²) in [6.45, 7) is 4.31. The zero-order valence-corrected chi connectivity index (χ0v) is 13.4. The second kappa shape index (κ2) is 6.97. The number of hydrogen-bond acceptors (Lipinski definition) is 3. The summed E-state index contributed by atoms with van der Waals surface area (Å²) in [7, 11) is 1.49. The van der Waals surface area contributed by atoms with Gasteiger partial charge in [0.2, 0.25) is 0 Å². The molecule has 2 unspecified atom stereocenters. The number of methoxy groups -OCH3 is 1. The van der Waals surface area contributed by atoms with Crippen molar-refractivity contribution in [1.82, 2.24) is 0 Å². The quantitative estimate of drug-likeness (QED) is 0.663. The van der Waals surface area contributed by atoms with Gasteiger partial charge in [0, 0.05) is 5.69 Å². The standard InChI is InChI=1S/C18H27NO2/c1-4-15-8-6-11-18(12-10-15,17(20)21-3)19-16-9-5-7-14(2)13-16/h5,7,9,13,15,19H,4,6,8,10-12H2,1-3H3. The molecule has 2 atom stereocenters. The van der Waals surface area contributed by atoms with Crippen LogP contribution in [0.5, 0.6) is 0 Å². The minimum absolute atomic E-state index is 0.124. The molecule has 116 valence electrons. The van der Waals surface area contributed by atoms with Crippen molar-refractivity contribution in [2.24, 2.45) is 5.92 Å². The van der Waals surface area contributed by atoms with E-state index in [9.17, 15) is 4.79 Å². The Labute approximate surface area is 128 Å². The molecule has 3 nitrogen and oxygen atoms in total. The molecule has 0 saturated heterocycles. The number of anilines is 1. The average molecular weight is 289 g/mol. The molecule has 1 N–H and O–H groups in total. The predicted octanol–water partition coefficient (Wildman–Crippen LogP) is 4.31. The highest BCUT2D eigenvalue weighted by Crippen LogP contribution is 2.35. The Hall–Kier alpha value is -1.51. The van der Waals surface area contributed by atoms with Crippen LogP contribution in [-0.2, 0) is 9.53 Å². The third-order valence-corrected chi connectivity index (χ3v) is 4.75. The van der Waals surface area contributed by atoms with Crippen LogP contribution < -0.4 is 5.32 Å². The van der Waals surface area contributed by atoms with Crippen LogP contribution in [0.15, 0.2) is 24.3 Å². The molecule has 21 heavy (non-hydrogen) atoms. The van der Waals surface area contributed by atoms with Crippen molar-refractivity contribution in [3.8, 4) is 0 Å². The third kappa shape index (κ3) is 3.78. The zero-order valence-electron chi connectivity index (χ0n) is 13.4. The third-order valence-electron chi connectivity index (χ3n) is 4.75. The molecule has 0 aromatic heterocycles. The lowest BCUT2D eigenvalue weighted by Gasteiger charge is -2.32. The Balaban J connectivity index is 2.23. The lowest BCUT2D eigenvalue weighted by atomic mass is 9.88. The van der Waals surface area contributed by atoms with E-state index in [1.807, 2.05) is 12.1 Å². The van der Waals surface area contributed by atoms with Crippen LogP contribution in [0.4, 0.5) is 5.69 Å². The van der Waals surface area contributed by atoms with Gasteiger partial charge in [0.1, 0.15) is 5.54 Å². The minimum Gasteiger partial charge on any atom is -0.467 e. The Kier molecular flexibility index (Phi) is 5.27. The molecule has 2 rings (SSSR count). The SMILES string of the molecule is CCC1CCCC(Nc2cccc(C)c2)(C(=O)OC)CC1. The Morgan fingerprint density at radius 1 is 1.38 bits per heavy atom. The Morgan fingerprint density at radius 2 is 2.19 bits per heavy atom. The molecule has 1 fully saturated rings. The smallest absolute Gasteiger partial charge is 0.331 e. The number of rotatable bonds is 4. The fourth-order valence-corrected chi connectivity index (χ4v) is 3.40. The van der Waals surface area contributed by atoms with Crippen molar-refractivity contribution in [2.45, 2.75) is 57.9 Å². The molecular weight excluding hydrogens is 262 g/mol. The van der Waals surface area contributed by atoms with E-state index in [0.29, 0.717) is 0 Å². The van der Waals surface area contributed by atoms with E-state index in [4.69, 9.17) is 4.74 Å². The van der Waals surface area contributed by atoms with Crippen LogP contribution in [0, 0.1) is 12.8 Å². The number of hydrogen-bond donors (Lipinski definition) is 1. The summed E-state index contributed by atoms with van der Waals surface area (Å²) in [5.41, 5.74) is 1.64. The van der Waals surface area contributed by atoms with Crippen LogP contribution >= 0.6 is 0 Å². The summed E-state index contributed by atoms with van der Waals surface area (Å²) < 4.78 is 5.12. The molecule has 0 heterocycles. The lowest BCUT2D eigenvalue weighted by Crippen LogP contribution is -2.47. The van der Waals surface area contributed by atoms with E-state index in [1.165, 1.54) is 25.5 Å². The molecule has 0 spiro atoms. The Morgan fingerprint density at radius 3 is 2.86 bits per heavy atom. The number of esters is 1. The van der Waals surface area contributed by atoms with Crippen LogP contribution in [0.2, 0.25) is 0 Å². The normalized spacial score (nSPS) is 26.0. The molecule has 1 saturated carbocycles. The number of aryl methyl sites for hydroxylation is 1. The van der Waals surface area contributed by atoms with Gasteiger partial charge in [-0.15, -0.1) is 0 Å². The monoisotopic (exact) mass is 289 g/mol. The van der Waals surface area contributed by atoms with Crippen molar-refractivity contribution in [3.05, 3.63) is 29.8 Å². The molecule has 0 amide bonds. The number of carbonyl (C=O) groups is 1. The maximum absolute atomic E-state index is 12.4. The molecule has 0 radical (unpaired) electrons. The van der Waals surface area contributed by atoms with E-state index in [-0.39, 0.29) is 5.97 Å². The molecular formula is C18H27NO2. The fraction of sp³-hybridized carbons (Fsp3) is 0.611. The van der Waals surface area contributed by atoms with Gasteiger partial charge in [0.05, 0.1) is 7.11 Å². The van der Waals surface area contributed by atoms with Gasteiger partial charge in [-0.25, -0.2) is 4.79 Å². The second-order valence-electron chi connectivity index (χ2n) is 6.27. The first kappa shape index (κ1) is 15.9. The van der Waals surface area contributed by atoms with Gasteiger partial charge in [-0.05, 0) is 49.8 Å². The highest BCUT2D eigenvalue weighted by atomic mass is 16.5. The van der Waals surface area contributed by atoms with Crippen LogP contribution in [0.1, 0.15) is 51.0 Å². The largest absolute Gasteiger partial charge is 0.467 e. The van der Waals surface area contributed by atoms with E-state index < -0.39 is 5.54 Å². The number of benzene rings is 1. The first-order valence-electron chi connectivity index (χ1n) is 8.03. The summed E-state index contributed by atoms with van der Waals surface area (Å²) in [6, 6.07) is 8.21. The summed E-state index contributed by atoms with van der Waals surface area (Å²) in [5, 5.41) is 3.50. The number of nitrogens with one attached hydrogen (secondary N) is 1. The molecule has 3 heteroatoms. The van der Waals surface area contributed by atoms with E-state index in [2.05, 4.69) is 31.3 Å². The predicted molar refractivity (Wildman–Crippen MR) is 86.4 cm³/mol. The first-order valence-corrected chi connectivity index (χ1v) is 8.03. The molecule has 1 aliphatic carbocycles. The van der Waals surface area contributed by atoms with Gasteiger partial charge in [0.15, 0.2) is 0 Å². The van der Waals surface area contributed by atoms with Gasteiger partial charge >= 0.3 is 5.97 Å². The van der Waals surface area contributed by atoms with Gasteiger partial charge < -0.3 is 10.1 Å². The van der Waals surface area contributed by atoms with Crippen LogP contribution in [-0.4, -0.2) is 18.6 Å². The van der Waals surface area contributed by atoms with Gasteiger partial charge in [-0.1, -0.05) is 38.3 Å². The summed E-state index contributed by atoms with van der Waals surface area (Å²) in [5.74, 6) is 0.608. The maximum atomic E-state index is 12.4. The van der Waals surface area contributed by atoms with Gasteiger partial charge in [0.25, 0.3) is 0 Å². The van der Waals surface area contributed by atoms with Crippen LogP contribution in [0.3, 0.4) is 0 Å². The topological polar surface area (TPSA) is 38.3 Å². The van der Waals surface area contributed by atoms with Crippen molar-refractivity contribution in [2.75, 3.05) is 12.4 Å². The maximum Gasteiger partial charge on any atom is 0.331 e. The summed E-state index contributed by atoms with van der Waals surface area (Å²) >= 11 is 0. The lowest BCUT2D eigenvalue weighted by molar-refractivity contribution is -0.146. The second-order valence-corrected chi connectivity index (χ2v) is 6.27. The molecule has 1 aromatic rings. The molecule has 0 aliphatic heterocycles.